The molecule has 4 aromatic carbocycles. The fourth-order valence-corrected chi connectivity index (χ4v) is 7.29. The topological polar surface area (TPSA) is 84.9 Å². The molecule has 1 spiro atoms. The maximum Gasteiger partial charge on any atom is 0.238 e. The minimum atomic E-state index is -1.44. The van der Waals surface area contributed by atoms with Gasteiger partial charge in [-0.05, 0) is 53.1 Å². The molecule has 3 aliphatic rings. The molecule has 0 bridgehead atoms. The number of anilines is 1. The summed E-state index contributed by atoms with van der Waals surface area (Å²) in [6.07, 6.45) is 5.40. The molecule has 3 heterocycles. The molecule has 0 unspecified atom stereocenters. The number of para-hydroxylation sites is 3. The molecule has 0 aromatic heterocycles. The molecule has 0 radical (unpaired) electrons. The maximum atomic E-state index is 15.2. The Morgan fingerprint density at radius 2 is 1.55 bits per heavy atom. The van der Waals surface area contributed by atoms with Gasteiger partial charge in [-0.3, -0.25) is 14.4 Å². The van der Waals surface area contributed by atoms with Crippen molar-refractivity contribution in [1.82, 2.24) is 4.90 Å². The van der Waals surface area contributed by atoms with Gasteiger partial charge in [-0.25, -0.2) is 0 Å². The first-order chi connectivity index (χ1) is 21.5. The third-order valence-corrected chi connectivity index (χ3v) is 9.00. The lowest BCUT2D eigenvalue weighted by molar-refractivity contribution is -0.122. The average molecular weight is 583 g/mol. The van der Waals surface area contributed by atoms with Crippen LogP contribution in [0.5, 0.6) is 11.5 Å². The van der Waals surface area contributed by atoms with Gasteiger partial charge in [0.1, 0.15) is 29.6 Å². The molecule has 0 saturated carbocycles. The molecular weight excluding hydrogens is 552 g/mol. The summed E-state index contributed by atoms with van der Waals surface area (Å²) in [6.45, 7) is 3.93. The van der Waals surface area contributed by atoms with Gasteiger partial charge in [0.05, 0.1) is 30.2 Å². The van der Waals surface area contributed by atoms with Gasteiger partial charge in [-0.15, -0.1) is 0 Å². The zero-order valence-electron chi connectivity index (χ0n) is 24.1. The van der Waals surface area contributed by atoms with Crippen molar-refractivity contribution in [2.75, 3.05) is 19.0 Å². The number of Topliss-reactive ketones (excluding diaryl/α,β-unsaturated/α-hetero) is 2. The van der Waals surface area contributed by atoms with Gasteiger partial charge in [-0.1, -0.05) is 79.4 Å². The van der Waals surface area contributed by atoms with Crippen LogP contribution in [-0.2, 0) is 10.2 Å². The van der Waals surface area contributed by atoms with Crippen molar-refractivity contribution in [2.45, 2.75) is 17.5 Å². The second-order valence-electron chi connectivity index (χ2n) is 11.1. The minimum absolute atomic E-state index is 0.192. The summed E-state index contributed by atoms with van der Waals surface area (Å²) >= 11 is 0. The molecule has 4 aromatic rings. The Balaban J connectivity index is 1.54. The van der Waals surface area contributed by atoms with E-state index in [1.807, 2.05) is 65.7 Å². The molecule has 1 saturated heterocycles. The summed E-state index contributed by atoms with van der Waals surface area (Å²) in [7, 11) is 1.51. The molecule has 4 atom stereocenters. The highest BCUT2D eigenvalue weighted by molar-refractivity contribution is 6.17. The standard InChI is InChI=1S/C37H30N2O5/c1-3-22-44-30-19-11-7-15-26(30)33(40)31-32(34(41)25-14-6-10-18-29(25)43-2)39-21-20-23-12-4-5-13-24(23)35(39)37(31)27-16-8-9-17-28(27)38-36(37)42/h3-21,31-32,35H,1,22H2,2H3,(H,38,42)/t31-,32+,35+,37+/m0/s1. The van der Waals surface area contributed by atoms with Crippen molar-refractivity contribution in [3.05, 3.63) is 144 Å². The average Bonchev–Trinajstić information content (AvgIpc) is 3.55. The van der Waals surface area contributed by atoms with E-state index in [0.717, 1.165) is 11.1 Å². The molecule has 7 nitrogen and oxygen atoms in total. The van der Waals surface area contributed by atoms with Gasteiger partial charge in [0, 0.05) is 11.9 Å². The second-order valence-corrected chi connectivity index (χ2v) is 11.1. The van der Waals surface area contributed by atoms with E-state index in [4.69, 9.17) is 9.47 Å². The quantitative estimate of drug-likeness (QED) is 0.196. The number of nitrogens with one attached hydrogen (secondary N) is 1. The monoisotopic (exact) mass is 582 g/mol. The number of hydrogen-bond donors (Lipinski definition) is 1. The van der Waals surface area contributed by atoms with Gasteiger partial charge in [0.15, 0.2) is 11.6 Å². The van der Waals surface area contributed by atoms with Gasteiger partial charge in [0.25, 0.3) is 0 Å². The van der Waals surface area contributed by atoms with E-state index in [0.29, 0.717) is 33.9 Å². The highest BCUT2D eigenvalue weighted by Gasteiger charge is 2.71. The summed E-state index contributed by atoms with van der Waals surface area (Å²) in [5, 5.41) is 3.08. The predicted octanol–water partition coefficient (Wildman–Crippen LogP) is 6.24. The lowest BCUT2D eigenvalue weighted by atomic mass is 9.62. The van der Waals surface area contributed by atoms with E-state index in [-0.39, 0.29) is 24.1 Å². The Morgan fingerprint density at radius 1 is 0.886 bits per heavy atom. The van der Waals surface area contributed by atoms with Crippen molar-refractivity contribution < 1.29 is 23.9 Å². The highest BCUT2D eigenvalue weighted by Crippen LogP contribution is 2.62. The SMILES string of the molecule is C=CCOc1ccccc1C(=O)[C@@H]1[C@H](C(=O)c2ccccc2OC)N2C=Cc3ccccc3[C@@H]2[C@]12C(=O)Nc1ccccc12. The number of nitrogens with zero attached hydrogens (tertiary/aromatic N) is 1. The minimum Gasteiger partial charge on any atom is -0.496 e. The predicted molar refractivity (Wildman–Crippen MR) is 168 cm³/mol. The first-order valence-corrected chi connectivity index (χ1v) is 14.5. The smallest absolute Gasteiger partial charge is 0.238 e. The highest BCUT2D eigenvalue weighted by atomic mass is 16.5. The van der Waals surface area contributed by atoms with Crippen LogP contribution in [0.4, 0.5) is 5.69 Å². The number of amides is 1. The number of methoxy groups -OCH3 is 1. The molecule has 7 rings (SSSR count). The number of hydrogen-bond acceptors (Lipinski definition) is 6. The fourth-order valence-electron chi connectivity index (χ4n) is 7.29. The summed E-state index contributed by atoms with van der Waals surface area (Å²) in [4.78, 5) is 46.6. The number of benzene rings is 4. The summed E-state index contributed by atoms with van der Waals surface area (Å²) in [6, 6.07) is 27.6. The Bertz CT molecular complexity index is 1860. The fraction of sp³-hybridized carbons (Fsp3) is 0.162. The van der Waals surface area contributed by atoms with Gasteiger partial charge in [0.2, 0.25) is 5.91 Å². The van der Waals surface area contributed by atoms with Crippen LogP contribution in [-0.4, -0.2) is 42.1 Å². The lowest BCUT2D eigenvalue weighted by Crippen LogP contribution is -2.49. The number of fused-ring (bicyclic) bond motifs is 6. The summed E-state index contributed by atoms with van der Waals surface area (Å²) < 4.78 is 11.5. The van der Waals surface area contributed by atoms with Crippen LogP contribution in [0.1, 0.15) is 43.4 Å². The molecule has 3 aliphatic heterocycles. The van der Waals surface area contributed by atoms with E-state index in [9.17, 15) is 9.59 Å². The van der Waals surface area contributed by atoms with Gasteiger partial charge < -0.3 is 19.7 Å². The second kappa shape index (κ2) is 10.7. The Morgan fingerprint density at radius 3 is 2.32 bits per heavy atom. The first kappa shape index (κ1) is 27.4. The van der Waals surface area contributed by atoms with Crippen molar-refractivity contribution >= 4 is 29.2 Å². The van der Waals surface area contributed by atoms with Crippen LogP contribution < -0.4 is 14.8 Å². The molecule has 1 N–H and O–H groups in total. The molecule has 1 fully saturated rings. The van der Waals surface area contributed by atoms with E-state index in [1.165, 1.54) is 7.11 Å². The van der Waals surface area contributed by atoms with Crippen LogP contribution in [0, 0.1) is 5.92 Å². The Labute approximate surface area is 255 Å². The normalized spacial score (nSPS) is 22.5. The number of carbonyl (C=O) groups excluding carboxylic acids is 3. The van der Waals surface area contributed by atoms with E-state index < -0.39 is 23.4 Å². The number of ether oxygens (including phenoxy) is 2. The van der Waals surface area contributed by atoms with Gasteiger partial charge in [-0.2, -0.15) is 0 Å². The third kappa shape index (κ3) is 3.85. The number of ketones is 2. The van der Waals surface area contributed by atoms with Crippen LogP contribution in [0.25, 0.3) is 6.08 Å². The third-order valence-electron chi connectivity index (χ3n) is 9.00. The van der Waals surface area contributed by atoms with Crippen molar-refractivity contribution in [3.63, 3.8) is 0 Å². The maximum absolute atomic E-state index is 15.2. The largest absolute Gasteiger partial charge is 0.496 e. The first-order valence-electron chi connectivity index (χ1n) is 14.5. The number of carbonyl (C=O) groups is 3. The van der Waals surface area contributed by atoms with Crippen molar-refractivity contribution in [1.29, 1.82) is 0 Å². The Kier molecular flexibility index (Phi) is 6.66. The Hall–Kier alpha value is -5.43. The van der Waals surface area contributed by atoms with Crippen molar-refractivity contribution in [3.8, 4) is 11.5 Å². The molecule has 1 amide bonds. The van der Waals surface area contributed by atoms with Gasteiger partial charge >= 0.3 is 0 Å². The molecular formula is C37H30N2O5. The summed E-state index contributed by atoms with van der Waals surface area (Å²) in [5.74, 6) is -1.36. The van der Waals surface area contributed by atoms with E-state index >= 15 is 4.79 Å². The van der Waals surface area contributed by atoms with E-state index in [2.05, 4.69) is 11.9 Å². The van der Waals surface area contributed by atoms with Crippen molar-refractivity contribution in [2.24, 2.45) is 5.92 Å². The van der Waals surface area contributed by atoms with Crippen LogP contribution in [0.3, 0.4) is 0 Å². The van der Waals surface area contributed by atoms with Crippen LogP contribution >= 0.6 is 0 Å². The lowest BCUT2D eigenvalue weighted by Gasteiger charge is -2.38. The van der Waals surface area contributed by atoms with Crippen LogP contribution in [0.2, 0.25) is 0 Å². The molecule has 7 heteroatoms. The van der Waals surface area contributed by atoms with E-state index in [1.54, 1.807) is 54.6 Å². The zero-order valence-corrected chi connectivity index (χ0v) is 24.1. The summed E-state index contributed by atoms with van der Waals surface area (Å²) in [5.41, 5.74) is 2.30. The molecule has 44 heavy (non-hydrogen) atoms. The number of rotatable bonds is 8. The molecule has 0 aliphatic carbocycles. The van der Waals surface area contributed by atoms with Crippen LogP contribution in [0.15, 0.2) is 116 Å². The molecule has 218 valence electrons. The zero-order chi connectivity index (χ0) is 30.4.